The summed E-state index contributed by atoms with van der Waals surface area (Å²) in [6.07, 6.45) is 7.25. The van der Waals surface area contributed by atoms with Crippen LogP contribution in [0.1, 0.15) is 51.9 Å². The summed E-state index contributed by atoms with van der Waals surface area (Å²) in [6, 6.07) is 0. The van der Waals surface area contributed by atoms with Crippen LogP contribution in [-0.4, -0.2) is 23.7 Å². The number of aliphatic hydroxyl groups is 1. The predicted octanol–water partition coefficient (Wildman–Crippen LogP) is 1.84. The number of hydrogen-bond donors (Lipinski definition) is 2. The maximum Gasteiger partial charge on any atom is 0.225 e. The normalized spacial score (nSPS) is 32.9. The standard InChI is InChI=1S/C13H23NO2/c1-13(7-2-3-8-13)12(16)14-9-10-5-4-6-11(10)15/h10-11,15H,2-9H2,1H3,(H,14,16). The molecule has 0 spiro atoms. The molecule has 2 aliphatic rings. The van der Waals surface area contributed by atoms with Crippen LogP contribution in [0.25, 0.3) is 0 Å². The topological polar surface area (TPSA) is 49.3 Å². The molecule has 0 heterocycles. The van der Waals surface area contributed by atoms with Gasteiger partial charge in [0, 0.05) is 17.9 Å². The molecule has 16 heavy (non-hydrogen) atoms. The van der Waals surface area contributed by atoms with Crippen molar-refractivity contribution in [3.63, 3.8) is 0 Å². The summed E-state index contributed by atoms with van der Waals surface area (Å²) >= 11 is 0. The van der Waals surface area contributed by atoms with E-state index in [1.165, 1.54) is 12.8 Å². The fraction of sp³-hybridized carbons (Fsp3) is 0.923. The van der Waals surface area contributed by atoms with Crippen LogP contribution in [0.4, 0.5) is 0 Å². The van der Waals surface area contributed by atoms with Gasteiger partial charge in [-0.15, -0.1) is 0 Å². The van der Waals surface area contributed by atoms with Crippen LogP contribution < -0.4 is 5.32 Å². The number of amides is 1. The lowest BCUT2D eigenvalue weighted by molar-refractivity contribution is -0.130. The molecule has 2 saturated carbocycles. The van der Waals surface area contributed by atoms with Gasteiger partial charge in [-0.05, 0) is 25.7 Å². The summed E-state index contributed by atoms with van der Waals surface area (Å²) < 4.78 is 0. The van der Waals surface area contributed by atoms with E-state index in [2.05, 4.69) is 12.2 Å². The van der Waals surface area contributed by atoms with E-state index < -0.39 is 0 Å². The third kappa shape index (κ3) is 2.40. The molecular formula is C13H23NO2. The van der Waals surface area contributed by atoms with Gasteiger partial charge in [0.05, 0.1) is 6.10 Å². The Kier molecular flexibility index (Phi) is 3.53. The van der Waals surface area contributed by atoms with Crippen molar-refractivity contribution in [3.8, 4) is 0 Å². The van der Waals surface area contributed by atoms with E-state index in [0.29, 0.717) is 6.54 Å². The van der Waals surface area contributed by atoms with E-state index in [0.717, 1.165) is 32.1 Å². The number of carbonyl (C=O) groups excluding carboxylic acids is 1. The number of aliphatic hydroxyl groups excluding tert-OH is 1. The quantitative estimate of drug-likeness (QED) is 0.770. The summed E-state index contributed by atoms with van der Waals surface area (Å²) in [7, 11) is 0. The maximum atomic E-state index is 12.0. The van der Waals surface area contributed by atoms with Gasteiger partial charge in [0.2, 0.25) is 5.91 Å². The first kappa shape index (κ1) is 11.9. The minimum absolute atomic E-state index is 0.135. The molecule has 2 N–H and O–H groups in total. The van der Waals surface area contributed by atoms with Crippen LogP contribution in [-0.2, 0) is 4.79 Å². The molecule has 0 saturated heterocycles. The van der Waals surface area contributed by atoms with Gasteiger partial charge >= 0.3 is 0 Å². The Hall–Kier alpha value is -0.570. The van der Waals surface area contributed by atoms with Crippen molar-refractivity contribution in [2.24, 2.45) is 11.3 Å². The van der Waals surface area contributed by atoms with Gasteiger partial charge < -0.3 is 10.4 Å². The van der Waals surface area contributed by atoms with Gasteiger partial charge in [-0.25, -0.2) is 0 Å². The van der Waals surface area contributed by atoms with Crippen LogP contribution in [0.3, 0.4) is 0 Å². The molecule has 2 unspecified atom stereocenters. The molecule has 92 valence electrons. The summed E-state index contributed by atoms with van der Waals surface area (Å²) in [5.41, 5.74) is -0.135. The predicted molar refractivity (Wildman–Crippen MR) is 62.9 cm³/mol. The van der Waals surface area contributed by atoms with Crippen molar-refractivity contribution < 1.29 is 9.90 Å². The third-order valence-electron chi connectivity index (χ3n) is 4.40. The largest absolute Gasteiger partial charge is 0.393 e. The van der Waals surface area contributed by atoms with Crippen molar-refractivity contribution in [1.82, 2.24) is 5.32 Å². The van der Waals surface area contributed by atoms with Crippen LogP contribution in [0, 0.1) is 11.3 Å². The molecule has 0 aromatic carbocycles. The van der Waals surface area contributed by atoms with Crippen LogP contribution >= 0.6 is 0 Å². The molecule has 2 rings (SSSR count). The first-order valence-corrected chi connectivity index (χ1v) is 6.58. The third-order valence-corrected chi connectivity index (χ3v) is 4.40. The fourth-order valence-corrected chi connectivity index (χ4v) is 3.07. The van der Waals surface area contributed by atoms with Gasteiger partial charge in [-0.3, -0.25) is 4.79 Å². The molecule has 2 aliphatic carbocycles. The lowest BCUT2D eigenvalue weighted by Gasteiger charge is -2.24. The first-order chi connectivity index (χ1) is 7.62. The summed E-state index contributed by atoms with van der Waals surface area (Å²) in [4.78, 5) is 12.0. The number of rotatable bonds is 3. The van der Waals surface area contributed by atoms with Gasteiger partial charge in [-0.1, -0.05) is 26.2 Å². The second kappa shape index (κ2) is 4.74. The Morgan fingerprint density at radius 1 is 1.31 bits per heavy atom. The van der Waals surface area contributed by atoms with E-state index in [4.69, 9.17) is 0 Å². The Labute approximate surface area is 97.6 Å². The average molecular weight is 225 g/mol. The monoisotopic (exact) mass is 225 g/mol. The SMILES string of the molecule is CC1(C(=O)NCC2CCCC2O)CCCC1. The smallest absolute Gasteiger partial charge is 0.225 e. The minimum Gasteiger partial charge on any atom is -0.393 e. The van der Waals surface area contributed by atoms with Crippen LogP contribution in [0.2, 0.25) is 0 Å². The molecule has 1 amide bonds. The number of hydrogen-bond acceptors (Lipinski definition) is 2. The van der Waals surface area contributed by atoms with Crippen molar-refractivity contribution in [2.45, 2.75) is 58.0 Å². The first-order valence-electron chi connectivity index (χ1n) is 6.58. The zero-order valence-corrected chi connectivity index (χ0v) is 10.2. The van der Waals surface area contributed by atoms with Gasteiger partial charge in [0.1, 0.15) is 0 Å². The van der Waals surface area contributed by atoms with Crippen molar-refractivity contribution in [1.29, 1.82) is 0 Å². The fourth-order valence-electron chi connectivity index (χ4n) is 3.07. The van der Waals surface area contributed by atoms with E-state index in [-0.39, 0.29) is 23.3 Å². The summed E-state index contributed by atoms with van der Waals surface area (Å²) in [6.45, 7) is 2.73. The van der Waals surface area contributed by atoms with Crippen molar-refractivity contribution >= 4 is 5.91 Å². The molecule has 2 fully saturated rings. The number of carbonyl (C=O) groups is 1. The highest BCUT2D eigenvalue weighted by molar-refractivity contribution is 5.82. The molecule has 3 heteroatoms. The van der Waals surface area contributed by atoms with Crippen LogP contribution in [0.15, 0.2) is 0 Å². The molecule has 0 radical (unpaired) electrons. The molecular weight excluding hydrogens is 202 g/mol. The Balaban J connectivity index is 1.79. The summed E-state index contributed by atoms with van der Waals surface area (Å²) in [5.74, 6) is 0.484. The van der Waals surface area contributed by atoms with Crippen LogP contribution in [0.5, 0.6) is 0 Å². The molecule has 0 bridgehead atoms. The lowest BCUT2D eigenvalue weighted by Crippen LogP contribution is -2.40. The highest BCUT2D eigenvalue weighted by Gasteiger charge is 2.36. The van der Waals surface area contributed by atoms with E-state index in [9.17, 15) is 9.90 Å². The Morgan fingerprint density at radius 2 is 2.00 bits per heavy atom. The molecule has 0 aliphatic heterocycles. The van der Waals surface area contributed by atoms with E-state index >= 15 is 0 Å². The zero-order valence-electron chi connectivity index (χ0n) is 10.2. The van der Waals surface area contributed by atoms with E-state index in [1.807, 2.05) is 0 Å². The minimum atomic E-state index is -0.198. The molecule has 2 atom stereocenters. The Morgan fingerprint density at radius 3 is 2.56 bits per heavy atom. The highest BCUT2D eigenvalue weighted by Crippen LogP contribution is 2.37. The second-order valence-corrected chi connectivity index (χ2v) is 5.74. The van der Waals surface area contributed by atoms with Gasteiger partial charge in [0.15, 0.2) is 0 Å². The lowest BCUT2D eigenvalue weighted by atomic mass is 9.87. The second-order valence-electron chi connectivity index (χ2n) is 5.74. The highest BCUT2D eigenvalue weighted by atomic mass is 16.3. The average Bonchev–Trinajstić information content (AvgIpc) is 2.85. The van der Waals surface area contributed by atoms with Crippen molar-refractivity contribution in [2.75, 3.05) is 6.54 Å². The summed E-state index contributed by atoms with van der Waals surface area (Å²) in [5, 5.41) is 12.7. The molecule has 0 aromatic rings. The maximum absolute atomic E-state index is 12.0. The molecule has 0 aromatic heterocycles. The Bertz CT molecular complexity index is 259. The van der Waals surface area contributed by atoms with E-state index in [1.54, 1.807) is 0 Å². The number of nitrogens with one attached hydrogen (secondary N) is 1. The molecule has 3 nitrogen and oxygen atoms in total. The van der Waals surface area contributed by atoms with Crippen molar-refractivity contribution in [3.05, 3.63) is 0 Å². The van der Waals surface area contributed by atoms with Gasteiger partial charge in [0.25, 0.3) is 0 Å². The van der Waals surface area contributed by atoms with Gasteiger partial charge in [-0.2, -0.15) is 0 Å². The zero-order chi connectivity index (χ0) is 11.6.